The van der Waals surface area contributed by atoms with Gasteiger partial charge in [0.1, 0.15) is 17.7 Å². The van der Waals surface area contributed by atoms with E-state index in [0.717, 1.165) is 25.7 Å². The van der Waals surface area contributed by atoms with E-state index in [4.69, 9.17) is 9.84 Å². The van der Waals surface area contributed by atoms with Gasteiger partial charge in [-0.25, -0.2) is 13.8 Å². The third-order valence-electron chi connectivity index (χ3n) is 5.57. The fraction of sp³-hybridized carbons (Fsp3) is 0.478. The topological polar surface area (TPSA) is 59.4 Å². The highest BCUT2D eigenvalue weighted by atomic mass is 19.1. The van der Waals surface area contributed by atoms with Gasteiger partial charge in [-0.1, -0.05) is 13.8 Å². The number of hydrogen-bond donors (Lipinski definition) is 1. The Kier molecular flexibility index (Phi) is 6.50. The summed E-state index contributed by atoms with van der Waals surface area (Å²) in [5, 5.41) is 8.81. The number of pyridine rings is 1. The summed E-state index contributed by atoms with van der Waals surface area (Å²) in [6, 6.07) is 6.10. The maximum absolute atomic E-state index is 15.0. The fourth-order valence-corrected chi connectivity index (χ4v) is 4.05. The Morgan fingerprint density at radius 2 is 1.90 bits per heavy atom. The Labute approximate surface area is 169 Å². The van der Waals surface area contributed by atoms with E-state index in [9.17, 15) is 13.6 Å². The van der Waals surface area contributed by atoms with Crippen molar-refractivity contribution in [1.82, 2.24) is 4.98 Å². The van der Waals surface area contributed by atoms with Crippen molar-refractivity contribution in [2.24, 2.45) is 0 Å². The molecule has 156 valence electrons. The first-order valence-electron chi connectivity index (χ1n) is 10.1. The second-order valence-corrected chi connectivity index (χ2v) is 8.33. The van der Waals surface area contributed by atoms with Crippen LogP contribution < -0.4 is 4.74 Å². The van der Waals surface area contributed by atoms with Gasteiger partial charge in [0, 0.05) is 23.7 Å². The molecule has 0 spiro atoms. The molecule has 0 radical (unpaired) electrons. The van der Waals surface area contributed by atoms with Gasteiger partial charge in [0.05, 0.1) is 0 Å². The SMILES string of the molecule is CC(C)(CCCC(=O)O)c1c(F)cc(-c2cccnc2OC2CCCC2)cc1F. The number of aliphatic carboxylic acids is 1. The van der Waals surface area contributed by atoms with Crippen molar-refractivity contribution >= 4 is 5.97 Å². The van der Waals surface area contributed by atoms with Gasteiger partial charge in [-0.05, 0) is 73.8 Å². The standard InChI is InChI=1S/C23H27F2NO3/c1-23(2,11-5-10-20(27)28)21-18(24)13-15(14-19(21)25)17-9-6-12-26-22(17)29-16-7-3-4-8-16/h6,9,12-14,16H,3-5,7-8,10-11H2,1-2H3,(H,27,28). The lowest BCUT2D eigenvalue weighted by Crippen LogP contribution is -2.21. The number of carboxylic acid groups (broad SMARTS) is 1. The Morgan fingerprint density at radius 3 is 2.52 bits per heavy atom. The van der Waals surface area contributed by atoms with E-state index in [2.05, 4.69) is 4.98 Å². The molecule has 29 heavy (non-hydrogen) atoms. The van der Waals surface area contributed by atoms with Gasteiger partial charge in [-0.15, -0.1) is 0 Å². The Morgan fingerprint density at radius 1 is 1.24 bits per heavy atom. The lowest BCUT2D eigenvalue weighted by molar-refractivity contribution is -0.137. The highest BCUT2D eigenvalue weighted by Crippen LogP contribution is 2.37. The summed E-state index contributed by atoms with van der Waals surface area (Å²) >= 11 is 0. The minimum absolute atomic E-state index is 0.0196. The molecular formula is C23H27F2NO3. The lowest BCUT2D eigenvalue weighted by Gasteiger charge is -2.26. The van der Waals surface area contributed by atoms with Crippen molar-refractivity contribution in [2.75, 3.05) is 0 Å². The van der Waals surface area contributed by atoms with Gasteiger partial charge in [-0.3, -0.25) is 4.79 Å². The van der Waals surface area contributed by atoms with Crippen molar-refractivity contribution in [2.45, 2.75) is 70.3 Å². The lowest BCUT2D eigenvalue weighted by atomic mass is 9.79. The zero-order valence-corrected chi connectivity index (χ0v) is 16.9. The number of carbonyl (C=O) groups is 1. The normalized spacial score (nSPS) is 14.9. The van der Waals surface area contributed by atoms with Gasteiger partial charge < -0.3 is 9.84 Å². The first-order valence-corrected chi connectivity index (χ1v) is 10.1. The van der Waals surface area contributed by atoms with Gasteiger partial charge in [0.2, 0.25) is 5.88 Å². The van der Waals surface area contributed by atoms with Crippen LogP contribution in [0.2, 0.25) is 0 Å². The van der Waals surface area contributed by atoms with Gasteiger partial charge in [-0.2, -0.15) is 0 Å². The Hall–Kier alpha value is -2.50. The molecule has 1 aliphatic carbocycles. The van der Waals surface area contributed by atoms with Crippen LogP contribution >= 0.6 is 0 Å². The van der Waals surface area contributed by atoms with Crippen LogP contribution in [-0.2, 0) is 10.2 Å². The van der Waals surface area contributed by atoms with Crippen LogP contribution in [0.5, 0.6) is 5.88 Å². The summed E-state index contributed by atoms with van der Waals surface area (Å²) in [4.78, 5) is 15.0. The minimum Gasteiger partial charge on any atom is -0.481 e. The zero-order valence-electron chi connectivity index (χ0n) is 16.9. The maximum atomic E-state index is 15.0. The van der Waals surface area contributed by atoms with Gasteiger partial charge in [0.15, 0.2) is 0 Å². The summed E-state index contributed by atoms with van der Waals surface area (Å²) in [6.07, 6.45) is 6.54. The van der Waals surface area contributed by atoms with Crippen LogP contribution in [0.25, 0.3) is 11.1 Å². The number of rotatable bonds is 8. The molecule has 1 aromatic heterocycles. The number of halogens is 2. The molecule has 1 heterocycles. The summed E-state index contributed by atoms with van der Waals surface area (Å²) in [7, 11) is 0. The van der Waals surface area contributed by atoms with Crippen molar-refractivity contribution < 1.29 is 23.4 Å². The zero-order chi connectivity index (χ0) is 21.0. The van der Waals surface area contributed by atoms with Crippen LogP contribution in [0, 0.1) is 11.6 Å². The van der Waals surface area contributed by atoms with Crippen molar-refractivity contribution in [3.63, 3.8) is 0 Å². The van der Waals surface area contributed by atoms with Gasteiger partial charge in [0.25, 0.3) is 0 Å². The average Bonchev–Trinajstić information content (AvgIpc) is 3.14. The molecule has 0 atom stereocenters. The Bertz CT molecular complexity index is 853. The highest BCUT2D eigenvalue weighted by Gasteiger charge is 2.29. The maximum Gasteiger partial charge on any atom is 0.303 e. The third-order valence-corrected chi connectivity index (χ3v) is 5.57. The molecular weight excluding hydrogens is 376 g/mol. The molecule has 1 N–H and O–H groups in total. The fourth-order valence-electron chi connectivity index (χ4n) is 4.05. The van der Waals surface area contributed by atoms with E-state index >= 15 is 0 Å². The average molecular weight is 403 g/mol. The van der Waals surface area contributed by atoms with Crippen LogP contribution in [0.15, 0.2) is 30.5 Å². The van der Waals surface area contributed by atoms with Crippen LogP contribution in [0.1, 0.15) is 64.4 Å². The predicted molar refractivity (Wildman–Crippen MR) is 107 cm³/mol. The third kappa shape index (κ3) is 5.11. The summed E-state index contributed by atoms with van der Waals surface area (Å²) in [5.74, 6) is -1.80. The molecule has 3 rings (SSSR count). The molecule has 0 unspecified atom stereocenters. The summed E-state index contributed by atoms with van der Waals surface area (Å²) in [6.45, 7) is 3.46. The molecule has 1 fully saturated rings. The number of hydrogen-bond acceptors (Lipinski definition) is 3. The number of nitrogens with zero attached hydrogens (tertiary/aromatic N) is 1. The van der Waals surface area contributed by atoms with Crippen LogP contribution in [0.4, 0.5) is 8.78 Å². The first-order chi connectivity index (χ1) is 13.8. The molecule has 1 aliphatic rings. The predicted octanol–water partition coefficient (Wildman–Crippen LogP) is 5.88. The van der Waals surface area contributed by atoms with E-state index in [1.807, 2.05) is 0 Å². The molecule has 1 saturated carbocycles. The smallest absolute Gasteiger partial charge is 0.303 e. The molecule has 2 aromatic rings. The van der Waals surface area contributed by atoms with Crippen molar-refractivity contribution in [3.8, 4) is 17.0 Å². The number of aromatic nitrogens is 1. The van der Waals surface area contributed by atoms with E-state index in [-0.39, 0.29) is 18.1 Å². The summed E-state index contributed by atoms with van der Waals surface area (Å²) < 4.78 is 36.0. The summed E-state index contributed by atoms with van der Waals surface area (Å²) in [5.41, 5.74) is 0.104. The minimum atomic E-state index is -0.913. The molecule has 4 nitrogen and oxygen atoms in total. The molecule has 0 bridgehead atoms. The van der Waals surface area contributed by atoms with Gasteiger partial charge >= 0.3 is 5.97 Å². The number of carboxylic acids is 1. The van der Waals surface area contributed by atoms with Crippen molar-refractivity contribution in [1.29, 1.82) is 0 Å². The second kappa shape index (κ2) is 8.89. The largest absolute Gasteiger partial charge is 0.481 e. The second-order valence-electron chi connectivity index (χ2n) is 8.33. The Balaban J connectivity index is 1.89. The molecule has 0 amide bonds. The van der Waals surface area contributed by atoms with E-state index in [0.29, 0.717) is 29.8 Å². The van der Waals surface area contributed by atoms with Crippen LogP contribution in [-0.4, -0.2) is 22.2 Å². The highest BCUT2D eigenvalue weighted by molar-refractivity contribution is 5.69. The first kappa shape index (κ1) is 21.2. The number of benzene rings is 1. The molecule has 1 aromatic carbocycles. The number of ether oxygens (including phenoxy) is 1. The quantitative estimate of drug-likeness (QED) is 0.598. The molecule has 0 aliphatic heterocycles. The van der Waals surface area contributed by atoms with E-state index < -0.39 is 23.0 Å². The van der Waals surface area contributed by atoms with E-state index in [1.165, 1.54) is 12.1 Å². The van der Waals surface area contributed by atoms with Crippen LogP contribution in [0.3, 0.4) is 0 Å². The van der Waals surface area contributed by atoms with Crippen molar-refractivity contribution in [3.05, 3.63) is 47.7 Å². The van der Waals surface area contributed by atoms with E-state index in [1.54, 1.807) is 32.2 Å². The monoisotopic (exact) mass is 403 g/mol. The molecule has 6 heteroatoms. The molecule has 0 saturated heterocycles.